The van der Waals surface area contributed by atoms with E-state index < -0.39 is 0 Å². The molecule has 0 aliphatic carbocycles. The maximum Gasteiger partial charge on any atom is 0.0701 e. The number of hydrogen-bond donors (Lipinski definition) is 1. The van der Waals surface area contributed by atoms with Crippen LogP contribution in [0.2, 0.25) is 0 Å². The van der Waals surface area contributed by atoms with Crippen LogP contribution in [0, 0.1) is 0 Å². The number of ether oxygens (including phenoxy) is 2. The molecule has 0 saturated carbocycles. The highest BCUT2D eigenvalue weighted by Crippen LogP contribution is 1.88. The zero-order chi connectivity index (χ0) is 13.1. The number of hydrogen-bond acceptors (Lipinski definition) is 5. The van der Waals surface area contributed by atoms with Crippen molar-refractivity contribution in [2.75, 3.05) is 67.2 Å². The van der Waals surface area contributed by atoms with Crippen molar-refractivity contribution >= 4 is 0 Å². The van der Waals surface area contributed by atoms with E-state index in [1.54, 1.807) is 6.92 Å². The van der Waals surface area contributed by atoms with E-state index in [9.17, 15) is 0 Å². The van der Waals surface area contributed by atoms with Gasteiger partial charge in [-0.1, -0.05) is 0 Å². The number of aliphatic hydroxyl groups excluding tert-OH is 1. The van der Waals surface area contributed by atoms with Gasteiger partial charge in [0.15, 0.2) is 0 Å². The standard InChI is InChI=1S/C12H28N2O3/c1-12(15)11-14(4)6-8-17-10-9-16-7-5-13(2)3/h12,15H,5-11H2,1-4H3. The first-order valence-electron chi connectivity index (χ1n) is 6.19. The van der Waals surface area contributed by atoms with E-state index in [4.69, 9.17) is 14.6 Å². The number of likely N-dealkylation sites (N-methyl/N-ethyl adjacent to an activating group) is 2. The lowest BCUT2D eigenvalue weighted by atomic mass is 10.4. The summed E-state index contributed by atoms with van der Waals surface area (Å²) in [5, 5.41) is 9.16. The minimum Gasteiger partial charge on any atom is -0.392 e. The van der Waals surface area contributed by atoms with Crippen LogP contribution in [0.1, 0.15) is 6.92 Å². The second kappa shape index (κ2) is 10.9. The number of aliphatic hydroxyl groups is 1. The lowest BCUT2D eigenvalue weighted by Gasteiger charge is -2.18. The fraction of sp³-hybridized carbons (Fsp3) is 1.00. The molecule has 1 atom stereocenters. The van der Waals surface area contributed by atoms with Gasteiger partial charge >= 0.3 is 0 Å². The second-order valence-corrected chi connectivity index (χ2v) is 4.64. The zero-order valence-corrected chi connectivity index (χ0v) is 11.7. The third-order valence-corrected chi connectivity index (χ3v) is 2.25. The fourth-order valence-electron chi connectivity index (χ4n) is 1.33. The molecule has 0 aromatic rings. The predicted octanol–water partition coefficient (Wildman–Crippen LogP) is -0.106. The van der Waals surface area contributed by atoms with Crippen molar-refractivity contribution in [3.8, 4) is 0 Å². The molecule has 0 radical (unpaired) electrons. The van der Waals surface area contributed by atoms with Crippen LogP contribution < -0.4 is 0 Å². The van der Waals surface area contributed by atoms with Crippen LogP contribution in [0.4, 0.5) is 0 Å². The normalized spacial score (nSPS) is 13.6. The molecule has 0 aromatic heterocycles. The third-order valence-electron chi connectivity index (χ3n) is 2.25. The molecule has 0 bridgehead atoms. The molecule has 1 N–H and O–H groups in total. The lowest BCUT2D eigenvalue weighted by Crippen LogP contribution is -2.30. The van der Waals surface area contributed by atoms with Crippen molar-refractivity contribution in [1.82, 2.24) is 9.80 Å². The SMILES string of the molecule is CC(O)CN(C)CCOCCOCCN(C)C. The van der Waals surface area contributed by atoms with E-state index in [1.807, 2.05) is 21.1 Å². The van der Waals surface area contributed by atoms with E-state index in [0.717, 1.165) is 19.7 Å². The van der Waals surface area contributed by atoms with Crippen LogP contribution in [0.5, 0.6) is 0 Å². The van der Waals surface area contributed by atoms with Gasteiger partial charge in [0, 0.05) is 19.6 Å². The van der Waals surface area contributed by atoms with Crippen molar-refractivity contribution < 1.29 is 14.6 Å². The summed E-state index contributed by atoms with van der Waals surface area (Å²) in [5.74, 6) is 0. The Morgan fingerprint density at radius 2 is 1.47 bits per heavy atom. The van der Waals surface area contributed by atoms with E-state index >= 15 is 0 Å². The summed E-state index contributed by atoms with van der Waals surface area (Å²) in [5.41, 5.74) is 0. The van der Waals surface area contributed by atoms with Gasteiger partial charge in [-0.15, -0.1) is 0 Å². The fourth-order valence-corrected chi connectivity index (χ4v) is 1.33. The molecule has 5 nitrogen and oxygen atoms in total. The molecule has 0 heterocycles. The molecule has 0 fully saturated rings. The van der Waals surface area contributed by atoms with Gasteiger partial charge in [0.05, 0.1) is 32.5 Å². The molecule has 0 aliphatic rings. The van der Waals surface area contributed by atoms with Crippen molar-refractivity contribution in [3.05, 3.63) is 0 Å². The first-order valence-corrected chi connectivity index (χ1v) is 6.19. The van der Waals surface area contributed by atoms with Crippen molar-refractivity contribution in [1.29, 1.82) is 0 Å². The number of rotatable bonds is 11. The molecule has 17 heavy (non-hydrogen) atoms. The summed E-state index contributed by atoms with van der Waals surface area (Å²) in [4.78, 5) is 4.14. The Kier molecular flexibility index (Phi) is 10.8. The van der Waals surface area contributed by atoms with Crippen molar-refractivity contribution in [3.63, 3.8) is 0 Å². The Morgan fingerprint density at radius 3 is 1.94 bits per heavy atom. The monoisotopic (exact) mass is 248 g/mol. The number of nitrogens with zero attached hydrogens (tertiary/aromatic N) is 2. The van der Waals surface area contributed by atoms with Gasteiger partial charge in [-0.3, -0.25) is 0 Å². The molecule has 5 heteroatoms. The molecule has 0 aliphatic heterocycles. The van der Waals surface area contributed by atoms with Gasteiger partial charge in [-0.05, 0) is 28.1 Å². The summed E-state index contributed by atoms with van der Waals surface area (Å²) in [7, 11) is 6.03. The Labute approximate surface area is 105 Å². The van der Waals surface area contributed by atoms with Crippen LogP contribution in [0.15, 0.2) is 0 Å². The van der Waals surface area contributed by atoms with E-state index in [1.165, 1.54) is 0 Å². The Balaban J connectivity index is 3.13. The van der Waals surface area contributed by atoms with Gasteiger partial charge in [0.1, 0.15) is 0 Å². The smallest absolute Gasteiger partial charge is 0.0701 e. The summed E-state index contributed by atoms with van der Waals surface area (Å²) >= 11 is 0. The minimum atomic E-state index is -0.283. The van der Waals surface area contributed by atoms with Crippen molar-refractivity contribution in [2.24, 2.45) is 0 Å². The van der Waals surface area contributed by atoms with Gasteiger partial charge in [-0.2, -0.15) is 0 Å². The highest BCUT2D eigenvalue weighted by atomic mass is 16.5. The van der Waals surface area contributed by atoms with E-state index in [2.05, 4.69) is 9.80 Å². The molecule has 104 valence electrons. The summed E-state index contributed by atoms with van der Waals surface area (Å²) in [6.45, 7) is 6.96. The summed E-state index contributed by atoms with van der Waals surface area (Å²) in [6.07, 6.45) is -0.283. The Hall–Kier alpha value is -0.200. The van der Waals surface area contributed by atoms with Crippen LogP contribution >= 0.6 is 0 Å². The molecular formula is C12H28N2O3. The van der Waals surface area contributed by atoms with Gasteiger partial charge in [0.2, 0.25) is 0 Å². The maximum absolute atomic E-state index is 9.16. The van der Waals surface area contributed by atoms with E-state index in [-0.39, 0.29) is 6.10 Å². The zero-order valence-electron chi connectivity index (χ0n) is 11.7. The van der Waals surface area contributed by atoms with Crippen LogP contribution in [0.3, 0.4) is 0 Å². The first kappa shape index (κ1) is 16.8. The molecule has 0 spiro atoms. The maximum atomic E-state index is 9.16. The summed E-state index contributed by atoms with van der Waals surface area (Å²) in [6, 6.07) is 0. The topological polar surface area (TPSA) is 45.2 Å². The van der Waals surface area contributed by atoms with Crippen LogP contribution in [0.25, 0.3) is 0 Å². The predicted molar refractivity (Wildman–Crippen MR) is 69.4 cm³/mol. The highest BCUT2D eigenvalue weighted by Gasteiger charge is 2.01. The van der Waals surface area contributed by atoms with Crippen molar-refractivity contribution in [2.45, 2.75) is 13.0 Å². The Morgan fingerprint density at radius 1 is 0.941 bits per heavy atom. The largest absolute Gasteiger partial charge is 0.392 e. The van der Waals surface area contributed by atoms with Crippen LogP contribution in [-0.4, -0.2) is 88.2 Å². The van der Waals surface area contributed by atoms with Gasteiger partial charge < -0.3 is 24.4 Å². The first-order chi connectivity index (χ1) is 8.02. The van der Waals surface area contributed by atoms with Crippen LogP contribution in [-0.2, 0) is 9.47 Å². The molecule has 0 rings (SSSR count). The minimum absolute atomic E-state index is 0.283. The van der Waals surface area contributed by atoms with E-state index in [0.29, 0.717) is 26.4 Å². The molecule has 0 saturated heterocycles. The third kappa shape index (κ3) is 13.7. The molecular weight excluding hydrogens is 220 g/mol. The van der Waals surface area contributed by atoms with Gasteiger partial charge in [-0.25, -0.2) is 0 Å². The molecule has 1 unspecified atom stereocenters. The lowest BCUT2D eigenvalue weighted by molar-refractivity contribution is 0.0330. The Bertz CT molecular complexity index is 166. The average Bonchev–Trinajstić information content (AvgIpc) is 2.20. The highest BCUT2D eigenvalue weighted by molar-refractivity contribution is 4.55. The molecule has 0 amide bonds. The second-order valence-electron chi connectivity index (χ2n) is 4.64. The average molecular weight is 248 g/mol. The summed E-state index contributed by atoms with van der Waals surface area (Å²) < 4.78 is 10.8. The molecule has 0 aromatic carbocycles. The quantitative estimate of drug-likeness (QED) is 0.517. The van der Waals surface area contributed by atoms with Gasteiger partial charge in [0.25, 0.3) is 0 Å².